The lowest BCUT2D eigenvalue weighted by atomic mass is 9.77. The molecule has 1 saturated heterocycles. The van der Waals surface area contributed by atoms with E-state index in [9.17, 15) is 13.6 Å². The first kappa shape index (κ1) is 19.6. The van der Waals surface area contributed by atoms with Crippen molar-refractivity contribution in [2.24, 2.45) is 0 Å². The maximum absolute atomic E-state index is 13.2. The van der Waals surface area contributed by atoms with E-state index in [1.165, 1.54) is 19.1 Å². The number of amides is 1. The number of benzene rings is 1. The number of hydrogen-bond donors (Lipinski definition) is 1. The summed E-state index contributed by atoms with van der Waals surface area (Å²) in [5, 5.41) is 2.72. The topological polar surface area (TPSA) is 66.0 Å². The Kier molecular flexibility index (Phi) is 4.72. The molecule has 2 aliphatic rings. The second kappa shape index (κ2) is 6.49. The van der Waals surface area contributed by atoms with Gasteiger partial charge in [-0.05, 0) is 50.9 Å². The number of ether oxygens (including phenoxy) is 2. The molecule has 1 aromatic rings. The van der Waals surface area contributed by atoms with Gasteiger partial charge < -0.3 is 24.1 Å². The lowest BCUT2D eigenvalue weighted by molar-refractivity contribution is -0.286. The van der Waals surface area contributed by atoms with E-state index in [0.717, 1.165) is 0 Å². The Hall–Kier alpha value is -2.13. The zero-order chi connectivity index (χ0) is 20.0. The van der Waals surface area contributed by atoms with Gasteiger partial charge in [-0.2, -0.15) is 0 Å². The van der Waals surface area contributed by atoms with E-state index in [4.69, 9.17) is 9.31 Å². The summed E-state index contributed by atoms with van der Waals surface area (Å²) in [6, 6.07) is 4.46. The van der Waals surface area contributed by atoms with E-state index in [2.05, 4.69) is 14.8 Å². The molecule has 0 saturated carbocycles. The van der Waals surface area contributed by atoms with Crippen LogP contribution in [-0.2, 0) is 14.1 Å². The van der Waals surface area contributed by atoms with Crippen LogP contribution in [0.5, 0.6) is 11.5 Å². The highest BCUT2D eigenvalue weighted by atomic mass is 19.3. The van der Waals surface area contributed by atoms with Gasteiger partial charge in [0.2, 0.25) is 5.91 Å². The first-order valence-corrected chi connectivity index (χ1v) is 8.59. The Bertz CT molecular complexity index is 778. The third-order valence-electron chi connectivity index (χ3n) is 4.87. The fraction of sp³-hybridized carbons (Fsp3) is 0.500. The predicted octanol–water partition coefficient (Wildman–Crippen LogP) is 3.16. The first-order valence-electron chi connectivity index (χ1n) is 8.59. The van der Waals surface area contributed by atoms with E-state index in [1.54, 1.807) is 12.1 Å². The molecule has 6 nitrogen and oxygen atoms in total. The minimum Gasteiger partial charge on any atom is -0.400 e. The van der Waals surface area contributed by atoms with Gasteiger partial charge in [-0.25, -0.2) is 0 Å². The molecular weight excluding hydrogens is 359 g/mol. The molecule has 1 N–H and O–H groups in total. The van der Waals surface area contributed by atoms with E-state index < -0.39 is 24.6 Å². The molecule has 0 atom stereocenters. The maximum Gasteiger partial charge on any atom is 0.586 e. The summed E-state index contributed by atoms with van der Waals surface area (Å²) in [6.45, 7) is 9.29. The molecule has 0 aliphatic carbocycles. The van der Waals surface area contributed by atoms with E-state index in [-0.39, 0.29) is 24.0 Å². The van der Waals surface area contributed by atoms with E-state index in [0.29, 0.717) is 11.0 Å². The largest absolute Gasteiger partial charge is 0.586 e. The number of carbonyl (C=O) groups is 1. The van der Waals surface area contributed by atoms with Crippen molar-refractivity contribution >= 4 is 19.1 Å². The third kappa shape index (κ3) is 4.09. The van der Waals surface area contributed by atoms with Crippen LogP contribution in [0.2, 0.25) is 0 Å². The molecule has 9 heteroatoms. The standard InChI is InChI=1S/C18H22BF2NO5/c1-11(23)22-10-13(19-26-16(2,3)17(4,5)27-19)8-12-6-7-14-15(9-12)25-18(20,21)24-14/h6-9H,10H2,1-5H3,(H,22,23). The van der Waals surface area contributed by atoms with Crippen molar-refractivity contribution in [3.05, 3.63) is 29.2 Å². The molecule has 0 aromatic heterocycles. The zero-order valence-electron chi connectivity index (χ0n) is 15.9. The van der Waals surface area contributed by atoms with Crippen molar-refractivity contribution in [3.63, 3.8) is 0 Å². The highest BCUT2D eigenvalue weighted by Gasteiger charge is 2.52. The van der Waals surface area contributed by atoms with Crippen LogP contribution in [0.15, 0.2) is 23.7 Å². The van der Waals surface area contributed by atoms with Crippen LogP contribution in [0.3, 0.4) is 0 Å². The van der Waals surface area contributed by atoms with Crippen LogP contribution in [0.1, 0.15) is 40.2 Å². The van der Waals surface area contributed by atoms with Crippen molar-refractivity contribution in [2.75, 3.05) is 6.54 Å². The van der Waals surface area contributed by atoms with Crippen LogP contribution in [-0.4, -0.2) is 37.1 Å². The highest BCUT2D eigenvalue weighted by molar-refractivity contribution is 6.56. The lowest BCUT2D eigenvalue weighted by Gasteiger charge is -2.32. The van der Waals surface area contributed by atoms with Gasteiger partial charge in [0.25, 0.3) is 0 Å². The number of hydrogen-bond acceptors (Lipinski definition) is 5. The van der Waals surface area contributed by atoms with Crippen molar-refractivity contribution in [1.29, 1.82) is 0 Å². The van der Waals surface area contributed by atoms with Crippen LogP contribution < -0.4 is 14.8 Å². The molecule has 1 amide bonds. The van der Waals surface area contributed by atoms with Gasteiger partial charge in [0.15, 0.2) is 11.5 Å². The molecule has 27 heavy (non-hydrogen) atoms. The molecule has 0 spiro atoms. The first-order chi connectivity index (χ1) is 12.4. The third-order valence-corrected chi connectivity index (χ3v) is 4.87. The number of rotatable bonds is 4. The van der Waals surface area contributed by atoms with Gasteiger partial charge in [0.1, 0.15) is 0 Å². The monoisotopic (exact) mass is 381 g/mol. The number of nitrogens with one attached hydrogen (secondary N) is 1. The quantitative estimate of drug-likeness (QED) is 0.812. The minimum absolute atomic E-state index is 0.0313. The number of halogens is 2. The second-order valence-electron chi connectivity index (χ2n) is 7.59. The number of alkyl halides is 2. The average molecular weight is 381 g/mol. The van der Waals surface area contributed by atoms with Crippen molar-refractivity contribution in [3.8, 4) is 11.5 Å². The van der Waals surface area contributed by atoms with Crippen LogP contribution >= 0.6 is 0 Å². The van der Waals surface area contributed by atoms with Crippen LogP contribution in [0.25, 0.3) is 6.08 Å². The minimum atomic E-state index is -3.67. The molecule has 146 valence electrons. The molecular formula is C18H22BF2NO5. The summed E-state index contributed by atoms with van der Waals surface area (Å²) in [6.07, 6.45) is -1.95. The number of carbonyl (C=O) groups excluding carboxylic acids is 1. The smallest absolute Gasteiger partial charge is 0.400 e. The van der Waals surface area contributed by atoms with E-state index in [1.807, 2.05) is 27.7 Å². The van der Waals surface area contributed by atoms with Gasteiger partial charge in [-0.15, -0.1) is 8.78 Å². The summed E-state index contributed by atoms with van der Waals surface area (Å²) in [5.74, 6) is -0.291. The Morgan fingerprint density at radius 1 is 1.11 bits per heavy atom. The SMILES string of the molecule is CC(=O)NCC(=Cc1ccc2c(c1)OC(F)(F)O2)B1OC(C)(C)C(C)(C)O1. The molecule has 1 aromatic carbocycles. The number of fused-ring (bicyclic) bond motifs is 1. The van der Waals surface area contributed by atoms with Crippen molar-refractivity contribution < 1.29 is 32.4 Å². The van der Waals surface area contributed by atoms with Crippen molar-refractivity contribution in [2.45, 2.75) is 52.1 Å². The summed E-state index contributed by atoms with van der Waals surface area (Å²) >= 11 is 0. The van der Waals surface area contributed by atoms with Gasteiger partial charge in [-0.3, -0.25) is 4.79 Å². The average Bonchev–Trinajstić information content (AvgIpc) is 2.93. The molecule has 0 bridgehead atoms. The fourth-order valence-corrected chi connectivity index (χ4v) is 2.69. The molecule has 1 fully saturated rings. The Labute approximate surface area is 156 Å². The maximum atomic E-state index is 13.2. The summed E-state index contributed by atoms with van der Waals surface area (Å²) < 4.78 is 47.4. The molecule has 2 aliphatic heterocycles. The molecule has 2 heterocycles. The highest BCUT2D eigenvalue weighted by Crippen LogP contribution is 2.42. The van der Waals surface area contributed by atoms with Gasteiger partial charge in [0, 0.05) is 13.5 Å². The van der Waals surface area contributed by atoms with Gasteiger partial charge in [-0.1, -0.05) is 12.1 Å². The summed E-state index contributed by atoms with van der Waals surface area (Å²) in [4.78, 5) is 11.4. The normalized spacial score (nSPS) is 22.0. The molecule has 0 radical (unpaired) electrons. The Morgan fingerprint density at radius 3 is 2.30 bits per heavy atom. The Balaban J connectivity index is 1.89. The van der Waals surface area contributed by atoms with Crippen LogP contribution in [0, 0.1) is 0 Å². The predicted molar refractivity (Wildman–Crippen MR) is 95.4 cm³/mol. The Morgan fingerprint density at radius 2 is 1.70 bits per heavy atom. The summed E-state index contributed by atoms with van der Waals surface area (Å²) in [5.41, 5.74) is 0.132. The molecule has 3 rings (SSSR count). The second-order valence-corrected chi connectivity index (χ2v) is 7.59. The van der Waals surface area contributed by atoms with Gasteiger partial charge in [0.05, 0.1) is 11.2 Å². The molecule has 0 unspecified atom stereocenters. The fourth-order valence-electron chi connectivity index (χ4n) is 2.69. The lowest BCUT2D eigenvalue weighted by Crippen LogP contribution is -2.41. The van der Waals surface area contributed by atoms with Gasteiger partial charge >= 0.3 is 13.4 Å². The summed E-state index contributed by atoms with van der Waals surface area (Å²) in [7, 11) is -0.686. The zero-order valence-corrected chi connectivity index (χ0v) is 15.9. The van der Waals surface area contributed by atoms with Crippen molar-refractivity contribution in [1.82, 2.24) is 5.32 Å². The van der Waals surface area contributed by atoms with E-state index >= 15 is 0 Å². The van der Waals surface area contributed by atoms with Crippen LogP contribution in [0.4, 0.5) is 8.78 Å².